The lowest BCUT2D eigenvalue weighted by Crippen LogP contribution is -2.24. The lowest BCUT2D eigenvalue weighted by Gasteiger charge is -2.26. The Bertz CT molecular complexity index is 721. The summed E-state index contributed by atoms with van der Waals surface area (Å²) >= 11 is 7.50. The zero-order valence-electron chi connectivity index (χ0n) is 17.5. The molecule has 166 valence electrons. The lowest BCUT2D eigenvalue weighted by molar-refractivity contribution is 0.00681. The van der Waals surface area contributed by atoms with Crippen molar-refractivity contribution in [3.05, 3.63) is 59.7 Å². The van der Waals surface area contributed by atoms with E-state index in [1.54, 1.807) is 0 Å². The number of halogens is 2. The Morgan fingerprint density at radius 3 is 1.97 bits per heavy atom. The van der Waals surface area contributed by atoms with Crippen LogP contribution in [0.1, 0.15) is 31.4 Å². The Morgan fingerprint density at radius 2 is 1.43 bits per heavy atom. The van der Waals surface area contributed by atoms with Crippen LogP contribution in [0.25, 0.3) is 0 Å². The minimum absolute atomic E-state index is 0.165. The average molecular weight is 549 g/mol. The molecule has 0 heterocycles. The smallest absolute Gasteiger partial charge is 0.119 e. The molecule has 7 heteroatoms. The van der Waals surface area contributed by atoms with E-state index in [4.69, 9.17) is 28.9 Å². The number of ether oxygens (including phenoxy) is 3. The molecule has 0 saturated carbocycles. The van der Waals surface area contributed by atoms with Crippen molar-refractivity contribution < 1.29 is 22.4 Å². The highest BCUT2D eigenvalue weighted by atomic mass is 127. The van der Waals surface area contributed by atoms with Crippen molar-refractivity contribution in [2.75, 3.05) is 38.9 Å². The molecule has 1 atom stereocenters. The molecule has 0 aliphatic heterocycles. The van der Waals surface area contributed by atoms with E-state index in [-0.39, 0.29) is 18.6 Å². The second kappa shape index (κ2) is 13.4. The van der Waals surface area contributed by atoms with Gasteiger partial charge in [0.2, 0.25) is 0 Å². The summed E-state index contributed by atoms with van der Waals surface area (Å²) in [6.07, 6.45) is 0.154. The zero-order valence-corrected chi connectivity index (χ0v) is 20.4. The minimum atomic E-state index is -0.680. The van der Waals surface area contributed by atoms with Crippen molar-refractivity contribution in [1.29, 1.82) is 0 Å². The summed E-state index contributed by atoms with van der Waals surface area (Å²) in [5, 5.41) is 9.92. The maximum absolute atomic E-state index is 9.92. The van der Waals surface area contributed by atoms with Crippen LogP contribution in [0.5, 0.6) is 11.5 Å². The van der Waals surface area contributed by atoms with Crippen LogP contribution in [0.4, 0.5) is 0 Å². The quantitative estimate of drug-likeness (QED) is 0.201. The van der Waals surface area contributed by atoms with E-state index in [0.29, 0.717) is 31.5 Å². The van der Waals surface area contributed by atoms with Crippen LogP contribution in [-0.2, 0) is 13.2 Å². The predicted octanol–water partition coefficient (Wildman–Crippen LogP) is 5.14. The monoisotopic (exact) mass is 548 g/mol. The first kappa shape index (κ1) is 25.2. The Hall–Kier alpha value is -1.06. The summed E-state index contributed by atoms with van der Waals surface area (Å²) in [7, 11) is 0. The zero-order chi connectivity index (χ0) is 21.8. The van der Waals surface area contributed by atoms with Crippen LogP contribution < -0.4 is 9.47 Å². The normalized spacial score (nSPS) is 12.6. The van der Waals surface area contributed by atoms with Crippen LogP contribution in [-0.4, -0.2) is 50.1 Å². The molecular formula is C23H30ClIO5. The van der Waals surface area contributed by atoms with E-state index in [0.717, 1.165) is 12.2 Å². The number of aliphatic hydroxyl groups is 1. The molecule has 0 amide bonds. The van der Waals surface area contributed by atoms with E-state index in [2.05, 4.69) is 38.1 Å². The van der Waals surface area contributed by atoms with E-state index in [9.17, 15) is 5.11 Å². The maximum atomic E-state index is 9.92. The first-order valence-electron chi connectivity index (χ1n) is 9.99. The van der Waals surface area contributed by atoms with Gasteiger partial charge in [-0.05, 0) is 41.8 Å². The molecule has 0 radical (unpaired) electrons. The molecule has 1 unspecified atom stereocenters. The van der Waals surface area contributed by atoms with Gasteiger partial charge in [-0.25, -0.2) is 0 Å². The Morgan fingerprint density at radius 1 is 0.867 bits per heavy atom. The molecule has 0 aromatic heterocycles. The molecular weight excluding hydrogens is 519 g/mol. The Labute approximate surface area is 198 Å². The fourth-order valence-electron chi connectivity index (χ4n) is 2.90. The molecule has 2 aromatic carbocycles. The van der Waals surface area contributed by atoms with Crippen molar-refractivity contribution in [2.45, 2.75) is 31.8 Å². The van der Waals surface area contributed by atoms with Gasteiger partial charge in [0.15, 0.2) is 0 Å². The molecule has 2 rings (SSSR count). The third-order valence-electron chi connectivity index (χ3n) is 4.76. The fourth-order valence-corrected chi connectivity index (χ4v) is 3.19. The third-order valence-corrected chi connectivity index (χ3v) is 5.46. The summed E-state index contributed by atoms with van der Waals surface area (Å²) in [5.74, 6) is 2.17. The molecule has 2 aromatic rings. The average Bonchev–Trinajstić information content (AvgIpc) is 2.76. The van der Waals surface area contributed by atoms with Gasteiger partial charge in [0.05, 0.1) is 26.4 Å². The van der Waals surface area contributed by atoms with Crippen LogP contribution in [0.2, 0.25) is 0 Å². The van der Waals surface area contributed by atoms with Crippen molar-refractivity contribution in [3.8, 4) is 11.5 Å². The number of aliphatic hydroxyl groups excluding tert-OH is 1. The molecule has 0 aliphatic rings. The van der Waals surface area contributed by atoms with Crippen LogP contribution in [0, 0.1) is 0 Å². The highest BCUT2D eigenvalue weighted by Gasteiger charge is 2.23. The largest absolute Gasteiger partial charge is 0.494 e. The number of hydrogen-bond acceptors (Lipinski definition) is 5. The second-order valence-electron chi connectivity index (χ2n) is 7.42. The number of benzene rings is 2. The van der Waals surface area contributed by atoms with Crippen LogP contribution >= 0.6 is 34.6 Å². The molecule has 30 heavy (non-hydrogen) atoms. The van der Waals surface area contributed by atoms with Gasteiger partial charge in [-0.1, -0.05) is 38.1 Å². The summed E-state index contributed by atoms with van der Waals surface area (Å²) in [6.45, 7) is 6.34. The van der Waals surface area contributed by atoms with Crippen molar-refractivity contribution in [1.82, 2.24) is 0 Å². The van der Waals surface area contributed by atoms with Crippen molar-refractivity contribution in [2.24, 2.45) is 0 Å². The Balaban J connectivity index is 1.89. The molecule has 5 nitrogen and oxygen atoms in total. The van der Waals surface area contributed by atoms with Gasteiger partial charge < -0.3 is 22.4 Å². The summed E-state index contributed by atoms with van der Waals surface area (Å²) in [5.41, 5.74) is 2.21. The fraction of sp³-hybridized carbons (Fsp3) is 0.478. The van der Waals surface area contributed by atoms with Gasteiger partial charge in [0.1, 0.15) is 47.2 Å². The molecule has 1 N–H and O–H groups in total. The van der Waals surface area contributed by atoms with Gasteiger partial charge in [0, 0.05) is 11.3 Å². The van der Waals surface area contributed by atoms with Gasteiger partial charge in [-0.15, -0.1) is 11.6 Å². The standard InChI is InChI=1S/C23H30ClIO5/c1-23(2,18-4-8-21(9-5-18)28-13-3-12-24)19-6-10-22(11-7-19)29-17-20(26)16-27-14-15-30-25/h4-11,20,26H,3,12-17H2,1-2H3. The van der Waals surface area contributed by atoms with E-state index < -0.39 is 6.10 Å². The first-order chi connectivity index (χ1) is 14.5. The van der Waals surface area contributed by atoms with Gasteiger partial charge in [0.25, 0.3) is 0 Å². The van der Waals surface area contributed by atoms with Gasteiger partial charge in [-0.3, -0.25) is 0 Å². The summed E-state index contributed by atoms with van der Waals surface area (Å²) in [4.78, 5) is 0. The maximum Gasteiger partial charge on any atom is 0.119 e. The van der Waals surface area contributed by atoms with Crippen LogP contribution in [0.15, 0.2) is 48.5 Å². The number of alkyl halides is 1. The third kappa shape index (κ3) is 8.23. The minimum Gasteiger partial charge on any atom is -0.494 e. The van der Waals surface area contributed by atoms with Gasteiger partial charge >= 0.3 is 0 Å². The second-order valence-corrected chi connectivity index (χ2v) is 8.42. The highest BCUT2D eigenvalue weighted by molar-refractivity contribution is 14.1. The molecule has 0 bridgehead atoms. The predicted molar refractivity (Wildman–Crippen MR) is 128 cm³/mol. The molecule has 0 spiro atoms. The molecule has 0 saturated heterocycles. The summed E-state index contributed by atoms with van der Waals surface area (Å²) in [6, 6.07) is 16.2. The molecule has 0 fully saturated rings. The number of rotatable bonds is 14. The van der Waals surface area contributed by atoms with E-state index >= 15 is 0 Å². The first-order valence-corrected chi connectivity index (χ1v) is 11.4. The highest BCUT2D eigenvalue weighted by Crippen LogP contribution is 2.33. The lowest BCUT2D eigenvalue weighted by atomic mass is 9.78. The summed E-state index contributed by atoms with van der Waals surface area (Å²) < 4.78 is 21.5. The van der Waals surface area contributed by atoms with Crippen LogP contribution in [0.3, 0.4) is 0 Å². The number of hydrogen-bond donors (Lipinski definition) is 1. The Kier molecular flexibility index (Phi) is 11.2. The van der Waals surface area contributed by atoms with E-state index in [1.807, 2.05) is 47.3 Å². The van der Waals surface area contributed by atoms with Gasteiger partial charge in [-0.2, -0.15) is 0 Å². The van der Waals surface area contributed by atoms with Crippen molar-refractivity contribution >= 4 is 34.6 Å². The van der Waals surface area contributed by atoms with E-state index in [1.165, 1.54) is 11.1 Å². The van der Waals surface area contributed by atoms with Crippen molar-refractivity contribution in [3.63, 3.8) is 0 Å². The molecule has 0 aliphatic carbocycles. The topological polar surface area (TPSA) is 57.2 Å². The SMILES string of the molecule is CC(C)(c1ccc(OCCCCl)cc1)c1ccc(OCC(O)COCCOI)cc1.